The molecular formula is C34H26Cl2N2O4. The van der Waals surface area contributed by atoms with Crippen molar-refractivity contribution in [3.05, 3.63) is 117 Å². The van der Waals surface area contributed by atoms with Crippen LogP contribution in [0.4, 0.5) is 5.69 Å². The van der Waals surface area contributed by atoms with Gasteiger partial charge in [-0.1, -0.05) is 47.3 Å². The summed E-state index contributed by atoms with van der Waals surface area (Å²) in [5, 5.41) is 7.17. The predicted molar refractivity (Wildman–Crippen MR) is 164 cm³/mol. The van der Waals surface area contributed by atoms with Crippen LogP contribution in [-0.2, 0) is 15.0 Å². The summed E-state index contributed by atoms with van der Waals surface area (Å²) in [5.41, 5.74) is 1.93. The molecule has 4 aromatic rings. The maximum Gasteiger partial charge on any atom is 0.238 e. The number of anilines is 1. The van der Waals surface area contributed by atoms with Crippen molar-refractivity contribution in [3.8, 4) is 29.6 Å². The van der Waals surface area contributed by atoms with Gasteiger partial charge in [0, 0.05) is 39.2 Å². The Balaban J connectivity index is 1.57. The Morgan fingerprint density at radius 3 is 2.45 bits per heavy atom. The monoisotopic (exact) mass is 596 g/mol. The average molecular weight is 597 g/mol. The van der Waals surface area contributed by atoms with Gasteiger partial charge in [0.1, 0.15) is 22.7 Å². The molecule has 0 bridgehead atoms. The van der Waals surface area contributed by atoms with Crippen LogP contribution in [0.15, 0.2) is 84.9 Å². The first-order valence-corrected chi connectivity index (χ1v) is 14.3. The Bertz CT molecular complexity index is 1750. The van der Waals surface area contributed by atoms with Crippen LogP contribution in [-0.4, -0.2) is 18.4 Å². The normalized spacial score (nSPS) is 20.8. The molecule has 3 atom stereocenters. The minimum atomic E-state index is -1.28. The number of hydrogen-bond donors (Lipinski definition) is 2. The fraction of sp³-hybridized carbons (Fsp3) is 0.176. The summed E-state index contributed by atoms with van der Waals surface area (Å²) in [7, 11) is 0. The van der Waals surface area contributed by atoms with Gasteiger partial charge in [-0.15, -0.1) is 6.42 Å². The fourth-order valence-electron chi connectivity index (χ4n) is 6.12. The number of amides is 2. The summed E-state index contributed by atoms with van der Waals surface area (Å²) in [4.78, 5) is 27.8. The highest BCUT2D eigenvalue weighted by molar-refractivity contribution is 6.31. The molecule has 1 fully saturated rings. The van der Waals surface area contributed by atoms with Crippen molar-refractivity contribution in [3.63, 3.8) is 0 Å². The number of carbonyl (C=O) groups is 2. The van der Waals surface area contributed by atoms with Gasteiger partial charge in [-0.2, -0.15) is 0 Å². The van der Waals surface area contributed by atoms with Crippen LogP contribution < -0.4 is 20.1 Å². The Morgan fingerprint density at radius 2 is 1.71 bits per heavy atom. The van der Waals surface area contributed by atoms with Gasteiger partial charge in [0.25, 0.3) is 0 Å². The molecule has 2 N–H and O–H groups in total. The third-order valence-corrected chi connectivity index (χ3v) is 8.32. The molecule has 2 aliphatic heterocycles. The van der Waals surface area contributed by atoms with Crippen LogP contribution in [0.5, 0.6) is 17.2 Å². The number of fused-ring (bicyclic) bond motifs is 2. The number of carbonyl (C=O) groups excluding carboxylic acids is 2. The van der Waals surface area contributed by atoms with Crippen molar-refractivity contribution in [1.82, 2.24) is 5.32 Å². The van der Waals surface area contributed by atoms with Crippen molar-refractivity contribution in [2.45, 2.75) is 30.7 Å². The number of terminal acetylenes is 1. The molecule has 0 aromatic heterocycles. The summed E-state index contributed by atoms with van der Waals surface area (Å²) in [6.45, 7) is 2.46. The number of halogens is 2. The van der Waals surface area contributed by atoms with Crippen molar-refractivity contribution in [2.75, 3.05) is 11.9 Å². The van der Waals surface area contributed by atoms with Crippen LogP contribution in [0.25, 0.3) is 0 Å². The van der Waals surface area contributed by atoms with Gasteiger partial charge in [0.15, 0.2) is 0 Å². The van der Waals surface area contributed by atoms with Gasteiger partial charge in [-0.05, 0) is 84.8 Å². The lowest BCUT2D eigenvalue weighted by atomic mass is 9.59. The van der Waals surface area contributed by atoms with Crippen LogP contribution in [0.2, 0.25) is 10.0 Å². The first-order valence-electron chi connectivity index (χ1n) is 13.5. The molecule has 2 aliphatic rings. The summed E-state index contributed by atoms with van der Waals surface area (Å²) >= 11 is 12.8. The summed E-state index contributed by atoms with van der Waals surface area (Å²) in [6.07, 6.45) is 5.89. The number of rotatable bonds is 6. The maximum atomic E-state index is 14.4. The highest BCUT2D eigenvalue weighted by Crippen LogP contribution is 2.58. The van der Waals surface area contributed by atoms with E-state index in [1.54, 1.807) is 54.6 Å². The van der Waals surface area contributed by atoms with Gasteiger partial charge in [-0.3, -0.25) is 9.59 Å². The second-order valence-corrected chi connectivity index (χ2v) is 11.1. The van der Waals surface area contributed by atoms with E-state index >= 15 is 0 Å². The van der Waals surface area contributed by atoms with Crippen LogP contribution in [0.3, 0.4) is 0 Å². The summed E-state index contributed by atoms with van der Waals surface area (Å²) in [6, 6.07) is 24.3. The van der Waals surface area contributed by atoms with Crippen LogP contribution >= 0.6 is 23.2 Å². The minimum absolute atomic E-state index is 0.0657. The zero-order chi connectivity index (χ0) is 29.4. The smallest absolute Gasteiger partial charge is 0.238 e. The zero-order valence-electron chi connectivity index (χ0n) is 22.6. The summed E-state index contributed by atoms with van der Waals surface area (Å²) in [5.74, 6) is 3.34. The molecule has 0 saturated carbocycles. The van der Waals surface area contributed by atoms with Crippen LogP contribution in [0.1, 0.15) is 47.6 Å². The topological polar surface area (TPSA) is 76.7 Å². The standard InChI is InChI=1S/C34H26Cl2N2O4/c1-3-20-8-15-30(42-25-12-10-24(11-13-25)41-4-2)26(16-20)32-34(27-14-9-23(36)18-29(27)37-33(34)40)28(19-31(39)38-32)21-6-5-7-22(35)17-21/h1,5-18,28,32H,4,19H2,2H3,(H,37,40)(H,38,39). The van der Waals surface area contributed by atoms with E-state index in [2.05, 4.69) is 16.6 Å². The van der Waals surface area contributed by atoms with Crippen molar-refractivity contribution in [1.29, 1.82) is 0 Å². The Morgan fingerprint density at radius 1 is 0.952 bits per heavy atom. The van der Waals surface area contributed by atoms with Gasteiger partial charge in [-0.25, -0.2) is 0 Å². The molecule has 2 amide bonds. The quantitative estimate of drug-likeness (QED) is 0.227. The number of piperidine rings is 1. The zero-order valence-corrected chi connectivity index (χ0v) is 24.1. The number of benzene rings is 4. The number of nitrogens with one attached hydrogen (secondary N) is 2. The number of hydrogen-bond acceptors (Lipinski definition) is 4. The molecule has 8 heteroatoms. The van der Waals surface area contributed by atoms with Gasteiger partial charge < -0.3 is 20.1 Å². The summed E-state index contributed by atoms with van der Waals surface area (Å²) < 4.78 is 11.9. The lowest BCUT2D eigenvalue weighted by Gasteiger charge is -2.46. The third-order valence-electron chi connectivity index (χ3n) is 7.85. The molecule has 0 aliphatic carbocycles. The highest BCUT2D eigenvalue weighted by Gasteiger charge is 2.61. The van der Waals surface area contributed by atoms with Gasteiger partial charge >= 0.3 is 0 Å². The van der Waals surface area contributed by atoms with Crippen molar-refractivity contribution >= 4 is 40.7 Å². The van der Waals surface area contributed by atoms with E-state index in [0.29, 0.717) is 56.3 Å². The van der Waals surface area contributed by atoms with E-state index < -0.39 is 17.4 Å². The first-order chi connectivity index (χ1) is 20.3. The first kappa shape index (κ1) is 27.7. The lowest BCUT2D eigenvalue weighted by molar-refractivity contribution is -0.131. The SMILES string of the molecule is C#Cc1ccc(Oc2ccc(OCC)cc2)c(C2NC(=O)CC(c3cccc(Cl)c3)C23C(=O)Nc2cc(Cl)ccc23)c1. The molecule has 6 rings (SSSR count). The Hall–Kier alpha value is -4.44. The minimum Gasteiger partial charge on any atom is -0.494 e. The van der Waals surface area contributed by atoms with E-state index in [1.165, 1.54) is 0 Å². The predicted octanol–water partition coefficient (Wildman–Crippen LogP) is 7.40. The van der Waals surface area contributed by atoms with E-state index in [4.69, 9.17) is 39.1 Å². The van der Waals surface area contributed by atoms with E-state index in [1.807, 2.05) is 37.3 Å². The largest absolute Gasteiger partial charge is 0.494 e. The lowest BCUT2D eigenvalue weighted by Crippen LogP contribution is -2.56. The van der Waals surface area contributed by atoms with Gasteiger partial charge in [0.05, 0.1) is 12.6 Å². The molecule has 210 valence electrons. The molecule has 0 radical (unpaired) electrons. The molecule has 1 saturated heterocycles. The second-order valence-electron chi connectivity index (χ2n) is 10.2. The highest BCUT2D eigenvalue weighted by atomic mass is 35.5. The van der Waals surface area contributed by atoms with E-state index in [-0.39, 0.29) is 18.2 Å². The molecule has 3 unspecified atom stereocenters. The maximum absolute atomic E-state index is 14.4. The molecular weight excluding hydrogens is 571 g/mol. The van der Waals surface area contributed by atoms with E-state index in [0.717, 1.165) is 5.56 Å². The molecule has 42 heavy (non-hydrogen) atoms. The fourth-order valence-corrected chi connectivity index (χ4v) is 6.49. The Kier molecular flexibility index (Phi) is 7.32. The molecule has 6 nitrogen and oxygen atoms in total. The Labute approximate surface area is 253 Å². The van der Waals surface area contributed by atoms with Gasteiger partial charge in [0.2, 0.25) is 11.8 Å². The van der Waals surface area contributed by atoms with Crippen molar-refractivity contribution in [2.24, 2.45) is 0 Å². The van der Waals surface area contributed by atoms with E-state index in [9.17, 15) is 9.59 Å². The van der Waals surface area contributed by atoms with Crippen LogP contribution in [0, 0.1) is 12.3 Å². The third kappa shape index (κ3) is 4.75. The second kappa shape index (κ2) is 11.1. The number of ether oxygens (including phenoxy) is 2. The molecule has 2 heterocycles. The van der Waals surface area contributed by atoms with Crippen molar-refractivity contribution < 1.29 is 19.1 Å². The molecule has 4 aromatic carbocycles. The molecule has 1 spiro atoms. The average Bonchev–Trinajstić information content (AvgIpc) is 3.26.